The maximum atomic E-state index is 2.50. The van der Waals surface area contributed by atoms with Crippen molar-refractivity contribution in [3.05, 3.63) is 0 Å². The van der Waals surface area contributed by atoms with Crippen molar-refractivity contribution in [2.75, 3.05) is 0 Å². The van der Waals surface area contributed by atoms with Gasteiger partial charge in [0.2, 0.25) is 0 Å². The van der Waals surface area contributed by atoms with Gasteiger partial charge in [0, 0.05) is 8.07 Å². The molecule has 0 heterocycles. The molecule has 2 heteroatoms. The standard InChI is InChI=1S/C14H33BSi/c1-6-8-11-15(12-9-7-2)13-10-14-16(3,4)5/h6-14H2,1-5H3. The molecule has 0 saturated heterocycles. The van der Waals surface area contributed by atoms with Gasteiger partial charge in [0.05, 0.1) is 0 Å². The maximum absolute atomic E-state index is 2.50. The SMILES string of the molecule is CCCCB(CCCC)CCC[Si](C)(C)C. The first-order valence-electron chi connectivity index (χ1n) is 7.49. The Labute approximate surface area is 106 Å². The molecule has 96 valence electrons. The summed E-state index contributed by atoms with van der Waals surface area (Å²) in [6.45, 7) is 13.2. The molecule has 0 radical (unpaired) electrons. The van der Waals surface area contributed by atoms with Crippen LogP contribution in [0.2, 0.25) is 44.6 Å². The number of hydrogen-bond donors (Lipinski definition) is 0. The van der Waals surface area contributed by atoms with Gasteiger partial charge in [0.15, 0.2) is 0 Å². The Morgan fingerprint density at radius 3 is 1.56 bits per heavy atom. The fourth-order valence-corrected chi connectivity index (χ4v) is 3.60. The van der Waals surface area contributed by atoms with Gasteiger partial charge in [0.1, 0.15) is 6.71 Å². The van der Waals surface area contributed by atoms with Crippen LogP contribution >= 0.6 is 0 Å². The minimum absolute atomic E-state index is 0.787. The zero-order chi connectivity index (χ0) is 12.4. The summed E-state index contributed by atoms with van der Waals surface area (Å²) in [6, 6.07) is 1.53. The van der Waals surface area contributed by atoms with E-state index in [0.29, 0.717) is 0 Å². The van der Waals surface area contributed by atoms with Gasteiger partial charge in [-0.05, 0) is 0 Å². The molecule has 0 fully saturated rings. The van der Waals surface area contributed by atoms with E-state index in [1.807, 2.05) is 0 Å². The average molecular weight is 240 g/mol. The van der Waals surface area contributed by atoms with Crippen molar-refractivity contribution >= 4 is 14.8 Å². The lowest BCUT2D eigenvalue weighted by molar-refractivity contribution is 0.829. The first kappa shape index (κ1) is 16.3. The summed E-state index contributed by atoms with van der Waals surface area (Å²) in [6.07, 6.45) is 11.6. The Morgan fingerprint density at radius 2 is 1.19 bits per heavy atom. The van der Waals surface area contributed by atoms with Crippen LogP contribution in [0.3, 0.4) is 0 Å². The lowest BCUT2D eigenvalue weighted by Gasteiger charge is -2.18. The van der Waals surface area contributed by atoms with Crippen LogP contribution in [0.15, 0.2) is 0 Å². The minimum atomic E-state index is -0.787. The van der Waals surface area contributed by atoms with Gasteiger partial charge in [-0.25, -0.2) is 0 Å². The molecule has 0 rings (SSSR count). The molecule has 0 aromatic rings. The quantitative estimate of drug-likeness (QED) is 0.423. The van der Waals surface area contributed by atoms with Crippen molar-refractivity contribution in [1.82, 2.24) is 0 Å². The topological polar surface area (TPSA) is 0 Å². The van der Waals surface area contributed by atoms with E-state index in [-0.39, 0.29) is 0 Å². The van der Waals surface area contributed by atoms with E-state index in [1.54, 1.807) is 0 Å². The van der Waals surface area contributed by atoms with Crippen molar-refractivity contribution in [3.8, 4) is 0 Å². The van der Waals surface area contributed by atoms with Gasteiger partial charge in [-0.3, -0.25) is 0 Å². The maximum Gasteiger partial charge on any atom is 0.139 e. The van der Waals surface area contributed by atoms with Crippen LogP contribution in [0, 0.1) is 0 Å². The van der Waals surface area contributed by atoms with Crippen LogP contribution in [0.4, 0.5) is 0 Å². The molecule has 0 saturated carbocycles. The summed E-state index contributed by atoms with van der Waals surface area (Å²) in [5.41, 5.74) is 0. The number of rotatable bonds is 10. The molecule has 0 unspecified atom stereocenters. The highest BCUT2D eigenvalue weighted by Crippen LogP contribution is 2.20. The number of unbranched alkanes of at least 4 members (excludes halogenated alkanes) is 2. The van der Waals surface area contributed by atoms with Crippen molar-refractivity contribution in [3.63, 3.8) is 0 Å². The van der Waals surface area contributed by atoms with Crippen molar-refractivity contribution < 1.29 is 0 Å². The van der Waals surface area contributed by atoms with E-state index in [2.05, 4.69) is 33.5 Å². The van der Waals surface area contributed by atoms with Gasteiger partial charge in [-0.15, -0.1) is 0 Å². The van der Waals surface area contributed by atoms with E-state index in [0.717, 1.165) is 6.71 Å². The lowest BCUT2D eigenvalue weighted by atomic mass is 9.41. The zero-order valence-corrected chi connectivity index (χ0v) is 13.4. The van der Waals surface area contributed by atoms with Gasteiger partial charge in [-0.1, -0.05) is 90.6 Å². The summed E-state index contributed by atoms with van der Waals surface area (Å²) < 4.78 is 0. The summed E-state index contributed by atoms with van der Waals surface area (Å²) in [4.78, 5) is 0. The monoisotopic (exact) mass is 240 g/mol. The third kappa shape index (κ3) is 10.8. The van der Waals surface area contributed by atoms with Crippen LogP contribution in [-0.2, 0) is 0 Å². The molecule has 0 aliphatic carbocycles. The Balaban J connectivity index is 3.72. The number of hydrogen-bond acceptors (Lipinski definition) is 0. The molecule has 0 aliphatic rings. The van der Waals surface area contributed by atoms with Crippen molar-refractivity contribution in [2.45, 2.75) is 90.6 Å². The normalized spacial score (nSPS) is 11.8. The Hall–Kier alpha value is 0.282. The van der Waals surface area contributed by atoms with E-state index >= 15 is 0 Å². The van der Waals surface area contributed by atoms with E-state index in [4.69, 9.17) is 0 Å². The molecule has 0 aliphatic heterocycles. The van der Waals surface area contributed by atoms with Crippen LogP contribution in [-0.4, -0.2) is 14.8 Å². The summed E-state index contributed by atoms with van der Waals surface area (Å²) in [7, 11) is -0.787. The van der Waals surface area contributed by atoms with E-state index in [1.165, 1.54) is 57.1 Å². The molecular formula is C14H33BSi. The van der Waals surface area contributed by atoms with Gasteiger partial charge >= 0.3 is 0 Å². The third-order valence-electron chi connectivity index (χ3n) is 3.47. The highest BCUT2D eigenvalue weighted by atomic mass is 28.3. The summed E-state index contributed by atoms with van der Waals surface area (Å²) >= 11 is 0. The Morgan fingerprint density at radius 1 is 0.750 bits per heavy atom. The first-order chi connectivity index (χ1) is 7.49. The van der Waals surface area contributed by atoms with Crippen LogP contribution in [0.25, 0.3) is 0 Å². The van der Waals surface area contributed by atoms with Crippen LogP contribution in [0.1, 0.15) is 46.0 Å². The van der Waals surface area contributed by atoms with Gasteiger partial charge < -0.3 is 0 Å². The molecule has 0 aromatic carbocycles. The zero-order valence-electron chi connectivity index (χ0n) is 12.4. The fourth-order valence-electron chi connectivity index (χ4n) is 2.34. The molecule has 0 amide bonds. The van der Waals surface area contributed by atoms with Crippen LogP contribution < -0.4 is 0 Å². The highest BCUT2D eigenvalue weighted by Gasteiger charge is 2.16. The predicted octanol–water partition coefficient (Wildman–Crippen LogP) is 5.81. The highest BCUT2D eigenvalue weighted by molar-refractivity contribution is 6.76. The van der Waals surface area contributed by atoms with Crippen molar-refractivity contribution in [1.29, 1.82) is 0 Å². The minimum Gasteiger partial charge on any atom is -0.0744 e. The van der Waals surface area contributed by atoms with Crippen molar-refractivity contribution in [2.24, 2.45) is 0 Å². The molecule has 0 bridgehead atoms. The lowest BCUT2D eigenvalue weighted by Crippen LogP contribution is -2.20. The molecule has 0 aromatic heterocycles. The first-order valence-corrected chi connectivity index (χ1v) is 11.2. The molecule has 0 N–H and O–H groups in total. The predicted molar refractivity (Wildman–Crippen MR) is 82.8 cm³/mol. The van der Waals surface area contributed by atoms with E-state index < -0.39 is 8.07 Å². The summed E-state index contributed by atoms with van der Waals surface area (Å²) in [5.74, 6) is 0. The second kappa shape index (κ2) is 9.33. The smallest absolute Gasteiger partial charge is 0.0744 e. The molecule has 0 nitrogen and oxygen atoms in total. The fraction of sp³-hybridized carbons (Fsp3) is 1.00. The Bertz CT molecular complexity index is 143. The third-order valence-corrected chi connectivity index (χ3v) is 5.32. The average Bonchev–Trinajstić information content (AvgIpc) is 2.19. The second-order valence-electron chi connectivity index (χ2n) is 6.60. The molecular weight excluding hydrogens is 207 g/mol. The van der Waals surface area contributed by atoms with Gasteiger partial charge in [-0.2, -0.15) is 0 Å². The van der Waals surface area contributed by atoms with Crippen LogP contribution in [0.5, 0.6) is 0 Å². The Kier molecular flexibility index (Phi) is 9.49. The molecule has 0 atom stereocenters. The summed E-state index contributed by atoms with van der Waals surface area (Å²) in [5, 5.41) is 0. The molecule has 0 spiro atoms. The van der Waals surface area contributed by atoms with Gasteiger partial charge in [0.25, 0.3) is 0 Å². The largest absolute Gasteiger partial charge is 0.139 e. The van der Waals surface area contributed by atoms with E-state index in [9.17, 15) is 0 Å². The second-order valence-corrected chi connectivity index (χ2v) is 12.2. The molecule has 16 heavy (non-hydrogen) atoms.